The summed E-state index contributed by atoms with van der Waals surface area (Å²) in [6.45, 7) is 0.755. The summed E-state index contributed by atoms with van der Waals surface area (Å²) < 4.78 is 7.80. The highest BCUT2D eigenvalue weighted by Gasteiger charge is 2.24. The predicted molar refractivity (Wildman–Crippen MR) is 106 cm³/mol. The number of hydrogen-bond acceptors (Lipinski definition) is 6. The second-order valence-corrected chi connectivity index (χ2v) is 7.59. The largest absolute Gasteiger partial charge is 0.373 e. The molecule has 0 aliphatic carbocycles. The first-order valence-electron chi connectivity index (χ1n) is 9.05. The highest BCUT2D eigenvalue weighted by Crippen LogP contribution is 2.31. The summed E-state index contributed by atoms with van der Waals surface area (Å²) in [6.07, 6.45) is 7.58. The average Bonchev–Trinajstić information content (AvgIpc) is 3.28. The van der Waals surface area contributed by atoms with Crippen LogP contribution >= 0.6 is 11.3 Å². The molecule has 2 atom stereocenters. The van der Waals surface area contributed by atoms with Crippen LogP contribution in [0.4, 0.5) is 5.13 Å². The lowest BCUT2D eigenvalue weighted by atomic mass is 9.98. The molecule has 136 valence electrons. The zero-order valence-electron chi connectivity index (χ0n) is 14.7. The van der Waals surface area contributed by atoms with Crippen LogP contribution in [-0.4, -0.2) is 32.2 Å². The molecule has 6 nitrogen and oxygen atoms in total. The van der Waals surface area contributed by atoms with Gasteiger partial charge in [-0.05, 0) is 30.5 Å². The number of rotatable bonds is 4. The van der Waals surface area contributed by atoms with Crippen LogP contribution in [0.3, 0.4) is 0 Å². The van der Waals surface area contributed by atoms with E-state index in [1.165, 1.54) is 5.56 Å². The third-order valence-electron chi connectivity index (χ3n) is 4.78. The van der Waals surface area contributed by atoms with Gasteiger partial charge in [-0.1, -0.05) is 41.7 Å². The second kappa shape index (κ2) is 7.09. The minimum absolute atomic E-state index is 0.138. The molecule has 4 aromatic rings. The summed E-state index contributed by atoms with van der Waals surface area (Å²) >= 11 is 1.57. The second-order valence-electron chi connectivity index (χ2n) is 6.64. The standard InChI is InChI=1S/C20H19N5OS/c1-2-5-14(6-3-1)18-11-16(8-10-26-18)22-19-24-25-13-17(23-20(25)27-19)15-7-4-9-21-12-15/h1-7,9,12-13,16,18H,8,10-11H2,(H,22,24). The number of hydrogen-bond donors (Lipinski definition) is 1. The van der Waals surface area contributed by atoms with Crippen molar-refractivity contribution >= 4 is 21.4 Å². The zero-order chi connectivity index (χ0) is 18.1. The average molecular weight is 377 g/mol. The predicted octanol–water partition coefficient (Wildman–Crippen LogP) is 4.19. The molecule has 1 aliphatic rings. The maximum Gasteiger partial charge on any atom is 0.214 e. The number of nitrogens with zero attached hydrogens (tertiary/aromatic N) is 4. The third-order valence-corrected chi connectivity index (χ3v) is 5.64. The Morgan fingerprint density at radius 1 is 1.15 bits per heavy atom. The van der Waals surface area contributed by atoms with Crippen LogP contribution in [0.1, 0.15) is 24.5 Å². The van der Waals surface area contributed by atoms with E-state index >= 15 is 0 Å². The van der Waals surface area contributed by atoms with Gasteiger partial charge in [0.25, 0.3) is 0 Å². The first-order valence-corrected chi connectivity index (χ1v) is 9.86. The summed E-state index contributed by atoms with van der Waals surface area (Å²) in [5.41, 5.74) is 3.13. The van der Waals surface area contributed by atoms with Gasteiger partial charge >= 0.3 is 0 Å². The molecule has 0 radical (unpaired) electrons. The Kier molecular flexibility index (Phi) is 4.31. The lowest BCUT2D eigenvalue weighted by Gasteiger charge is -2.30. The van der Waals surface area contributed by atoms with Crippen molar-refractivity contribution < 1.29 is 4.74 Å². The van der Waals surface area contributed by atoms with E-state index in [9.17, 15) is 0 Å². The Bertz CT molecular complexity index is 999. The fraction of sp³-hybridized carbons (Fsp3) is 0.250. The van der Waals surface area contributed by atoms with E-state index in [0.29, 0.717) is 6.04 Å². The van der Waals surface area contributed by atoms with E-state index in [1.807, 2.05) is 35.1 Å². The van der Waals surface area contributed by atoms with Gasteiger partial charge < -0.3 is 10.1 Å². The van der Waals surface area contributed by atoms with Gasteiger partial charge in [0.05, 0.1) is 18.0 Å². The number of imidazole rings is 1. The molecule has 0 spiro atoms. The number of nitrogens with one attached hydrogen (secondary N) is 1. The summed E-state index contributed by atoms with van der Waals surface area (Å²) in [5, 5.41) is 9.12. The van der Waals surface area contributed by atoms with Gasteiger partial charge in [-0.3, -0.25) is 4.98 Å². The van der Waals surface area contributed by atoms with Gasteiger partial charge in [-0.2, -0.15) is 0 Å². The number of anilines is 1. The quantitative estimate of drug-likeness (QED) is 0.578. The molecule has 1 fully saturated rings. The summed E-state index contributed by atoms with van der Waals surface area (Å²) in [6, 6.07) is 14.7. The van der Waals surface area contributed by atoms with Crippen molar-refractivity contribution in [3.05, 3.63) is 66.6 Å². The maximum atomic E-state index is 5.96. The zero-order valence-corrected chi connectivity index (χ0v) is 15.5. The fourth-order valence-electron chi connectivity index (χ4n) is 3.41. The smallest absolute Gasteiger partial charge is 0.214 e. The SMILES string of the molecule is c1ccc(C2CC(Nc3nn4cc(-c5cccnc5)nc4s3)CCO2)cc1. The lowest BCUT2D eigenvalue weighted by molar-refractivity contribution is 0.00978. The van der Waals surface area contributed by atoms with Crippen molar-refractivity contribution in [1.29, 1.82) is 0 Å². The highest BCUT2D eigenvalue weighted by molar-refractivity contribution is 7.20. The molecule has 5 rings (SSSR count). The van der Waals surface area contributed by atoms with Crippen molar-refractivity contribution in [2.75, 3.05) is 11.9 Å². The summed E-state index contributed by atoms with van der Waals surface area (Å²) in [5.74, 6) is 0. The Morgan fingerprint density at radius 2 is 2.07 bits per heavy atom. The van der Waals surface area contributed by atoms with Crippen LogP contribution in [0.25, 0.3) is 16.2 Å². The number of pyridine rings is 1. The first-order chi connectivity index (χ1) is 13.3. The molecule has 3 aromatic heterocycles. The normalized spacial score (nSPS) is 20.0. The first kappa shape index (κ1) is 16.4. The molecule has 1 saturated heterocycles. The molecule has 0 saturated carbocycles. The Balaban J connectivity index is 1.30. The molecule has 7 heteroatoms. The molecule has 2 unspecified atom stereocenters. The lowest BCUT2D eigenvalue weighted by Crippen LogP contribution is -2.30. The molecule has 0 amide bonds. The Morgan fingerprint density at radius 3 is 2.89 bits per heavy atom. The van der Waals surface area contributed by atoms with Crippen molar-refractivity contribution in [2.45, 2.75) is 25.0 Å². The molecule has 27 heavy (non-hydrogen) atoms. The monoisotopic (exact) mass is 377 g/mol. The minimum Gasteiger partial charge on any atom is -0.373 e. The Hall–Kier alpha value is -2.77. The molecular formula is C20H19N5OS. The summed E-state index contributed by atoms with van der Waals surface area (Å²) in [4.78, 5) is 9.70. The number of aromatic nitrogens is 4. The Labute approximate surface area is 160 Å². The van der Waals surface area contributed by atoms with Crippen molar-refractivity contribution in [3.8, 4) is 11.3 Å². The number of benzene rings is 1. The van der Waals surface area contributed by atoms with Gasteiger partial charge in [0.15, 0.2) is 0 Å². The van der Waals surface area contributed by atoms with Crippen molar-refractivity contribution in [2.24, 2.45) is 0 Å². The molecule has 0 bridgehead atoms. The van der Waals surface area contributed by atoms with Crippen LogP contribution in [-0.2, 0) is 4.74 Å². The minimum atomic E-state index is 0.138. The molecule has 1 N–H and O–H groups in total. The third kappa shape index (κ3) is 3.43. The molecular weight excluding hydrogens is 358 g/mol. The van der Waals surface area contributed by atoms with E-state index in [-0.39, 0.29) is 6.10 Å². The molecule has 1 aliphatic heterocycles. The van der Waals surface area contributed by atoms with E-state index < -0.39 is 0 Å². The van der Waals surface area contributed by atoms with Crippen LogP contribution < -0.4 is 5.32 Å². The van der Waals surface area contributed by atoms with Gasteiger partial charge in [-0.25, -0.2) is 9.50 Å². The molecule has 1 aromatic carbocycles. The van der Waals surface area contributed by atoms with Crippen LogP contribution in [0.15, 0.2) is 61.1 Å². The van der Waals surface area contributed by atoms with Crippen LogP contribution in [0, 0.1) is 0 Å². The van der Waals surface area contributed by atoms with Gasteiger partial charge in [-0.15, -0.1) is 5.10 Å². The highest BCUT2D eigenvalue weighted by atomic mass is 32.1. The summed E-state index contributed by atoms with van der Waals surface area (Å²) in [7, 11) is 0. The van der Waals surface area contributed by atoms with Crippen molar-refractivity contribution in [1.82, 2.24) is 19.6 Å². The van der Waals surface area contributed by atoms with Crippen molar-refractivity contribution in [3.63, 3.8) is 0 Å². The fourth-order valence-corrected chi connectivity index (χ4v) is 4.27. The van der Waals surface area contributed by atoms with E-state index in [2.05, 4.69) is 44.6 Å². The van der Waals surface area contributed by atoms with Gasteiger partial charge in [0, 0.05) is 30.6 Å². The van der Waals surface area contributed by atoms with Gasteiger partial charge in [0.2, 0.25) is 10.1 Å². The maximum absolute atomic E-state index is 5.96. The topological polar surface area (TPSA) is 64.3 Å². The van der Waals surface area contributed by atoms with E-state index in [0.717, 1.165) is 40.8 Å². The van der Waals surface area contributed by atoms with Crippen LogP contribution in [0.2, 0.25) is 0 Å². The van der Waals surface area contributed by atoms with Gasteiger partial charge in [0.1, 0.15) is 0 Å². The van der Waals surface area contributed by atoms with Crippen LogP contribution in [0.5, 0.6) is 0 Å². The molecule has 4 heterocycles. The van der Waals surface area contributed by atoms with E-state index in [1.54, 1.807) is 17.5 Å². The number of ether oxygens (including phenoxy) is 1. The van der Waals surface area contributed by atoms with E-state index in [4.69, 9.17) is 4.74 Å². The number of fused-ring (bicyclic) bond motifs is 1.